The second kappa shape index (κ2) is 6.93. The standard InChI is InChI=1S/C18H22Cl2N4/c19-15-10-13-14(11-16(15)20)18(24-8-4-1-5-9-24)23-22-17(13)21-12-6-2-3-7-12/h10-12H,1-9H2,(H,21,22). The lowest BCUT2D eigenvalue weighted by molar-refractivity contribution is 0.573. The van der Waals surface area contributed by atoms with Crippen molar-refractivity contribution in [3.05, 3.63) is 22.2 Å². The Hall–Kier alpha value is -1.26. The molecule has 2 aromatic rings. The van der Waals surface area contributed by atoms with Crippen molar-refractivity contribution in [2.45, 2.75) is 51.0 Å². The number of hydrogen-bond donors (Lipinski definition) is 1. The maximum atomic E-state index is 6.30. The maximum absolute atomic E-state index is 6.30. The molecular formula is C18H22Cl2N4. The van der Waals surface area contributed by atoms with Crippen molar-refractivity contribution < 1.29 is 0 Å². The monoisotopic (exact) mass is 364 g/mol. The average molecular weight is 365 g/mol. The van der Waals surface area contributed by atoms with Crippen molar-refractivity contribution in [1.82, 2.24) is 10.2 Å². The Labute approximate surface area is 152 Å². The number of nitrogens with one attached hydrogen (secondary N) is 1. The van der Waals surface area contributed by atoms with Crippen LogP contribution in [0.5, 0.6) is 0 Å². The van der Waals surface area contributed by atoms with E-state index in [9.17, 15) is 0 Å². The second-order valence-corrected chi connectivity index (χ2v) is 7.67. The quantitative estimate of drug-likeness (QED) is 0.803. The van der Waals surface area contributed by atoms with Gasteiger partial charge in [0, 0.05) is 29.9 Å². The van der Waals surface area contributed by atoms with Gasteiger partial charge in [-0.1, -0.05) is 36.0 Å². The molecule has 1 saturated carbocycles. The van der Waals surface area contributed by atoms with Crippen LogP contribution < -0.4 is 10.2 Å². The Bertz CT molecular complexity index is 737. The lowest BCUT2D eigenvalue weighted by atomic mass is 10.1. The minimum absolute atomic E-state index is 0.484. The first-order valence-corrected chi connectivity index (χ1v) is 9.65. The highest BCUT2D eigenvalue weighted by Crippen LogP contribution is 2.36. The molecule has 1 N–H and O–H groups in total. The highest BCUT2D eigenvalue weighted by molar-refractivity contribution is 6.43. The molecule has 1 aromatic heterocycles. The smallest absolute Gasteiger partial charge is 0.159 e. The van der Waals surface area contributed by atoms with Gasteiger partial charge in [-0.05, 0) is 44.2 Å². The van der Waals surface area contributed by atoms with E-state index in [1.54, 1.807) is 0 Å². The topological polar surface area (TPSA) is 41.1 Å². The molecule has 24 heavy (non-hydrogen) atoms. The van der Waals surface area contributed by atoms with Gasteiger partial charge in [0.25, 0.3) is 0 Å². The minimum atomic E-state index is 0.484. The minimum Gasteiger partial charge on any atom is -0.365 e. The van der Waals surface area contributed by atoms with Crippen LogP contribution in [0.2, 0.25) is 10.0 Å². The number of fused-ring (bicyclic) bond motifs is 1. The van der Waals surface area contributed by atoms with E-state index < -0.39 is 0 Å². The number of benzene rings is 1. The molecule has 2 heterocycles. The van der Waals surface area contributed by atoms with Crippen LogP contribution in [0.1, 0.15) is 44.9 Å². The molecule has 0 spiro atoms. The van der Waals surface area contributed by atoms with E-state index >= 15 is 0 Å². The fraction of sp³-hybridized carbons (Fsp3) is 0.556. The van der Waals surface area contributed by atoms with Crippen molar-refractivity contribution >= 4 is 45.6 Å². The zero-order valence-corrected chi connectivity index (χ0v) is 15.2. The Morgan fingerprint density at radius 1 is 0.875 bits per heavy atom. The zero-order valence-electron chi connectivity index (χ0n) is 13.7. The maximum Gasteiger partial charge on any atom is 0.159 e. The highest BCUT2D eigenvalue weighted by atomic mass is 35.5. The van der Waals surface area contributed by atoms with Crippen LogP contribution in [0.15, 0.2) is 12.1 Å². The molecule has 0 bridgehead atoms. The van der Waals surface area contributed by atoms with Crippen LogP contribution in [0.4, 0.5) is 11.6 Å². The molecule has 4 nitrogen and oxygen atoms in total. The Balaban J connectivity index is 1.78. The number of nitrogens with zero attached hydrogens (tertiary/aromatic N) is 3. The number of aromatic nitrogens is 2. The van der Waals surface area contributed by atoms with Crippen LogP contribution in [-0.4, -0.2) is 29.3 Å². The molecule has 0 unspecified atom stereocenters. The predicted octanol–water partition coefficient (Wildman–Crippen LogP) is 5.28. The van der Waals surface area contributed by atoms with Gasteiger partial charge in [0.15, 0.2) is 11.6 Å². The van der Waals surface area contributed by atoms with Gasteiger partial charge in [0.2, 0.25) is 0 Å². The van der Waals surface area contributed by atoms with Crippen molar-refractivity contribution in [3.63, 3.8) is 0 Å². The summed E-state index contributed by atoms with van der Waals surface area (Å²) in [4.78, 5) is 2.32. The third kappa shape index (κ3) is 3.14. The molecule has 1 aromatic carbocycles. The molecule has 0 radical (unpaired) electrons. The second-order valence-electron chi connectivity index (χ2n) is 6.86. The lowest BCUT2D eigenvalue weighted by Gasteiger charge is -2.28. The summed E-state index contributed by atoms with van der Waals surface area (Å²) in [6.45, 7) is 2.05. The van der Waals surface area contributed by atoms with Crippen LogP contribution in [0.3, 0.4) is 0 Å². The van der Waals surface area contributed by atoms with E-state index in [0.29, 0.717) is 16.1 Å². The summed E-state index contributed by atoms with van der Waals surface area (Å²) < 4.78 is 0. The molecular weight excluding hydrogens is 343 g/mol. The summed E-state index contributed by atoms with van der Waals surface area (Å²) in [6, 6.07) is 4.36. The third-order valence-corrected chi connectivity index (χ3v) is 5.87. The molecule has 128 valence electrons. The van der Waals surface area contributed by atoms with Crippen LogP contribution in [-0.2, 0) is 0 Å². The zero-order chi connectivity index (χ0) is 16.5. The van der Waals surface area contributed by atoms with Gasteiger partial charge >= 0.3 is 0 Å². The van der Waals surface area contributed by atoms with Crippen LogP contribution in [0.25, 0.3) is 10.8 Å². The normalized spacial score (nSPS) is 19.2. The Morgan fingerprint density at radius 3 is 2.25 bits per heavy atom. The molecule has 2 aliphatic rings. The third-order valence-electron chi connectivity index (χ3n) is 5.15. The van der Waals surface area contributed by atoms with E-state index in [0.717, 1.165) is 35.5 Å². The number of rotatable bonds is 3. The van der Waals surface area contributed by atoms with E-state index in [-0.39, 0.29) is 0 Å². The molecule has 1 aliphatic heterocycles. The van der Waals surface area contributed by atoms with Crippen molar-refractivity contribution in [3.8, 4) is 0 Å². The molecule has 0 atom stereocenters. The predicted molar refractivity (Wildman–Crippen MR) is 102 cm³/mol. The molecule has 1 aliphatic carbocycles. The number of halogens is 2. The SMILES string of the molecule is Clc1cc2c(NC3CCCC3)nnc(N3CCCCC3)c2cc1Cl. The Morgan fingerprint density at radius 2 is 1.54 bits per heavy atom. The first-order valence-electron chi connectivity index (χ1n) is 8.89. The molecule has 2 fully saturated rings. The lowest BCUT2D eigenvalue weighted by Crippen LogP contribution is -2.30. The summed E-state index contributed by atoms with van der Waals surface area (Å²) in [6.07, 6.45) is 8.63. The number of piperidine rings is 1. The van der Waals surface area contributed by atoms with Gasteiger partial charge < -0.3 is 10.2 Å². The average Bonchev–Trinajstić information content (AvgIpc) is 3.10. The molecule has 6 heteroatoms. The Kier molecular flexibility index (Phi) is 4.68. The van der Waals surface area contributed by atoms with Crippen LogP contribution in [0, 0.1) is 0 Å². The first-order chi connectivity index (χ1) is 11.7. The van der Waals surface area contributed by atoms with Crippen molar-refractivity contribution in [2.24, 2.45) is 0 Å². The largest absolute Gasteiger partial charge is 0.365 e. The van der Waals surface area contributed by atoms with Gasteiger partial charge in [0.1, 0.15) is 0 Å². The van der Waals surface area contributed by atoms with Gasteiger partial charge in [-0.3, -0.25) is 0 Å². The van der Waals surface area contributed by atoms with Gasteiger partial charge in [0.05, 0.1) is 10.0 Å². The number of hydrogen-bond acceptors (Lipinski definition) is 4. The van der Waals surface area contributed by atoms with E-state index in [2.05, 4.69) is 20.4 Å². The van der Waals surface area contributed by atoms with E-state index in [1.807, 2.05) is 12.1 Å². The fourth-order valence-electron chi connectivity index (χ4n) is 3.84. The van der Waals surface area contributed by atoms with Gasteiger partial charge in [-0.2, -0.15) is 0 Å². The first kappa shape index (κ1) is 16.2. The van der Waals surface area contributed by atoms with Crippen molar-refractivity contribution in [1.29, 1.82) is 0 Å². The van der Waals surface area contributed by atoms with Gasteiger partial charge in [-0.15, -0.1) is 10.2 Å². The number of anilines is 2. The summed E-state index contributed by atoms with van der Waals surface area (Å²) in [5, 5.41) is 15.8. The van der Waals surface area contributed by atoms with Gasteiger partial charge in [-0.25, -0.2) is 0 Å². The van der Waals surface area contributed by atoms with E-state index in [1.165, 1.54) is 44.9 Å². The highest BCUT2D eigenvalue weighted by Gasteiger charge is 2.21. The fourth-order valence-corrected chi connectivity index (χ4v) is 4.17. The molecule has 0 amide bonds. The van der Waals surface area contributed by atoms with Crippen molar-refractivity contribution in [2.75, 3.05) is 23.3 Å². The van der Waals surface area contributed by atoms with E-state index in [4.69, 9.17) is 23.2 Å². The summed E-state index contributed by atoms with van der Waals surface area (Å²) in [5.74, 6) is 1.76. The molecule has 4 rings (SSSR count). The summed E-state index contributed by atoms with van der Waals surface area (Å²) in [5.41, 5.74) is 0. The summed E-state index contributed by atoms with van der Waals surface area (Å²) >= 11 is 12.6. The molecule has 1 saturated heterocycles. The van der Waals surface area contributed by atoms with Crippen LogP contribution >= 0.6 is 23.2 Å². The summed E-state index contributed by atoms with van der Waals surface area (Å²) in [7, 11) is 0.